The summed E-state index contributed by atoms with van der Waals surface area (Å²) < 4.78 is 5.22. The van der Waals surface area contributed by atoms with Crippen molar-refractivity contribution in [1.82, 2.24) is 4.90 Å². The Labute approximate surface area is 156 Å². The Kier molecular flexibility index (Phi) is 6.65. The van der Waals surface area contributed by atoms with Crippen LogP contribution >= 0.6 is 0 Å². The molecule has 0 radical (unpaired) electrons. The highest BCUT2D eigenvalue weighted by Gasteiger charge is 2.19. The summed E-state index contributed by atoms with van der Waals surface area (Å²) in [5.74, 6) is 0. The number of benzene rings is 2. The predicted octanol–water partition coefficient (Wildman–Crippen LogP) is 3.82. The lowest BCUT2D eigenvalue weighted by Crippen LogP contribution is -2.38. The number of hydrogen-bond donors (Lipinski definition) is 1. The Morgan fingerprint density at radius 3 is 2.54 bits per heavy atom. The van der Waals surface area contributed by atoms with Gasteiger partial charge in [0, 0.05) is 38.5 Å². The van der Waals surface area contributed by atoms with Gasteiger partial charge in [-0.1, -0.05) is 30.3 Å². The van der Waals surface area contributed by atoms with Gasteiger partial charge in [-0.15, -0.1) is 0 Å². The summed E-state index contributed by atoms with van der Waals surface area (Å²) in [4.78, 5) is 2.50. The molecule has 4 nitrogen and oxygen atoms in total. The van der Waals surface area contributed by atoms with Crippen molar-refractivity contribution in [2.24, 2.45) is 0 Å². The molecule has 1 saturated heterocycles. The maximum atomic E-state index is 8.89. The van der Waals surface area contributed by atoms with Gasteiger partial charge in [-0.3, -0.25) is 4.90 Å². The number of nitrogens with zero attached hydrogens (tertiary/aromatic N) is 2. The van der Waals surface area contributed by atoms with Crippen molar-refractivity contribution in [1.29, 1.82) is 5.26 Å². The zero-order chi connectivity index (χ0) is 18.2. The van der Waals surface area contributed by atoms with Gasteiger partial charge in [-0.05, 0) is 48.6 Å². The van der Waals surface area contributed by atoms with Crippen molar-refractivity contribution < 1.29 is 4.74 Å². The van der Waals surface area contributed by atoms with Crippen molar-refractivity contribution in [3.05, 3.63) is 65.2 Å². The van der Waals surface area contributed by atoms with Crippen LogP contribution in [-0.2, 0) is 17.7 Å². The molecule has 1 aliphatic heterocycles. The average molecular weight is 349 g/mol. The number of hydrogen-bond acceptors (Lipinski definition) is 4. The first-order valence-corrected chi connectivity index (χ1v) is 9.33. The maximum Gasteiger partial charge on any atom is 0.0991 e. The van der Waals surface area contributed by atoms with Crippen molar-refractivity contribution in [2.75, 3.05) is 32.1 Å². The zero-order valence-electron chi connectivity index (χ0n) is 15.4. The highest BCUT2D eigenvalue weighted by molar-refractivity contribution is 5.52. The van der Waals surface area contributed by atoms with Crippen molar-refractivity contribution >= 4 is 5.69 Å². The molecule has 0 aromatic heterocycles. The van der Waals surface area contributed by atoms with Gasteiger partial charge in [0.2, 0.25) is 0 Å². The second-order valence-electron chi connectivity index (χ2n) is 6.90. The van der Waals surface area contributed by atoms with Crippen LogP contribution in [0.1, 0.15) is 29.5 Å². The number of likely N-dealkylation sites (tertiary alicyclic amines) is 1. The summed E-state index contributed by atoms with van der Waals surface area (Å²) in [5, 5.41) is 12.6. The van der Waals surface area contributed by atoms with E-state index in [1.165, 1.54) is 16.8 Å². The summed E-state index contributed by atoms with van der Waals surface area (Å²) in [6.07, 6.45) is 3.24. The molecule has 0 spiro atoms. The van der Waals surface area contributed by atoms with E-state index in [9.17, 15) is 0 Å². The molecule has 1 heterocycles. The number of para-hydroxylation sites is 1. The van der Waals surface area contributed by atoms with E-state index in [0.29, 0.717) is 6.04 Å². The van der Waals surface area contributed by atoms with Crippen molar-refractivity contribution in [2.45, 2.75) is 31.8 Å². The summed E-state index contributed by atoms with van der Waals surface area (Å²) >= 11 is 0. The van der Waals surface area contributed by atoms with Crippen molar-refractivity contribution in [3.63, 3.8) is 0 Å². The normalized spacial score (nSPS) is 15.5. The van der Waals surface area contributed by atoms with E-state index in [-0.39, 0.29) is 0 Å². The predicted molar refractivity (Wildman–Crippen MR) is 105 cm³/mol. The minimum absolute atomic E-state index is 0.524. The number of piperidine rings is 1. The Morgan fingerprint density at radius 1 is 1.12 bits per heavy atom. The van der Waals surface area contributed by atoms with E-state index in [0.717, 1.165) is 51.1 Å². The molecule has 0 unspecified atom stereocenters. The second-order valence-corrected chi connectivity index (χ2v) is 6.90. The lowest BCUT2D eigenvalue weighted by Gasteiger charge is -2.33. The molecule has 1 aliphatic rings. The molecule has 3 rings (SSSR count). The van der Waals surface area contributed by atoms with E-state index >= 15 is 0 Å². The van der Waals surface area contributed by atoms with E-state index in [4.69, 9.17) is 10.00 Å². The van der Waals surface area contributed by atoms with E-state index < -0.39 is 0 Å². The largest absolute Gasteiger partial charge is 0.384 e. The number of anilines is 1. The molecule has 0 amide bonds. The Bertz CT molecular complexity index is 728. The van der Waals surface area contributed by atoms with Crippen molar-refractivity contribution in [3.8, 4) is 6.07 Å². The van der Waals surface area contributed by atoms with Crippen LogP contribution in [0.25, 0.3) is 0 Å². The Hall–Kier alpha value is -2.35. The highest BCUT2D eigenvalue weighted by atomic mass is 16.5. The van der Waals surface area contributed by atoms with Gasteiger partial charge in [-0.2, -0.15) is 5.26 Å². The van der Waals surface area contributed by atoms with Gasteiger partial charge in [-0.25, -0.2) is 0 Å². The van der Waals surface area contributed by atoms with Crippen LogP contribution < -0.4 is 5.32 Å². The maximum absolute atomic E-state index is 8.89. The summed E-state index contributed by atoms with van der Waals surface area (Å²) in [6.45, 7) is 3.90. The number of methoxy groups -OCH3 is 1. The number of ether oxygens (including phenoxy) is 1. The lowest BCUT2D eigenvalue weighted by atomic mass is 10.0. The van der Waals surface area contributed by atoms with Gasteiger partial charge in [0.1, 0.15) is 0 Å². The molecule has 2 aromatic rings. The molecular formula is C22H27N3O. The smallest absolute Gasteiger partial charge is 0.0991 e. The SMILES string of the molecule is COCCc1ccccc1NC1CCN(Cc2ccc(C#N)cc2)CC1. The summed E-state index contributed by atoms with van der Waals surface area (Å²) in [7, 11) is 1.75. The van der Waals surface area contributed by atoms with Crippen LogP contribution in [0.5, 0.6) is 0 Å². The highest BCUT2D eigenvalue weighted by Crippen LogP contribution is 2.22. The molecule has 1 fully saturated rings. The first-order chi connectivity index (χ1) is 12.8. The fourth-order valence-electron chi connectivity index (χ4n) is 3.49. The Morgan fingerprint density at radius 2 is 1.85 bits per heavy atom. The topological polar surface area (TPSA) is 48.3 Å². The molecule has 2 aromatic carbocycles. The van der Waals surface area contributed by atoms with Crippen LogP contribution in [0.15, 0.2) is 48.5 Å². The first-order valence-electron chi connectivity index (χ1n) is 9.33. The number of nitrogens with one attached hydrogen (secondary N) is 1. The third kappa shape index (κ3) is 5.08. The number of nitriles is 1. The quantitative estimate of drug-likeness (QED) is 0.825. The van der Waals surface area contributed by atoms with Crippen LogP contribution in [0, 0.1) is 11.3 Å². The van der Waals surface area contributed by atoms with Crippen LogP contribution in [0.3, 0.4) is 0 Å². The zero-order valence-corrected chi connectivity index (χ0v) is 15.4. The third-order valence-corrected chi connectivity index (χ3v) is 5.03. The fourth-order valence-corrected chi connectivity index (χ4v) is 3.49. The van der Waals surface area contributed by atoms with E-state index in [1.54, 1.807) is 7.11 Å². The second kappa shape index (κ2) is 9.38. The van der Waals surface area contributed by atoms with Gasteiger partial charge in [0.15, 0.2) is 0 Å². The van der Waals surface area contributed by atoms with Gasteiger partial charge >= 0.3 is 0 Å². The monoisotopic (exact) mass is 349 g/mol. The molecule has 0 atom stereocenters. The standard InChI is InChI=1S/C22H27N3O/c1-26-15-12-20-4-2-3-5-22(20)24-21-10-13-25(14-11-21)17-19-8-6-18(16-23)7-9-19/h2-9,21,24H,10-15,17H2,1H3. The van der Waals surface area contributed by atoms with E-state index in [1.807, 2.05) is 12.1 Å². The van der Waals surface area contributed by atoms with Gasteiger partial charge < -0.3 is 10.1 Å². The Balaban J connectivity index is 1.50. The molecule has 136 valence electrons. The molecule has 0 bridgehead atoms. The summed E-state index contributed by atoms with van der Waals surface area (Å²) in [6, 6.07) is 19.2. The lowest BCUT2D eigenvalue weighted by molar-refractivity contribution is 0.202. The molecule has 0 aliphatic carbocycles. The van der Waals surface area contributed by atoms with Crippen LogP contribution in [-0.4, -0.2) is 37.7 Å². The number of rotatable bonds is 7. The molecule has 1 N–H and O–H groups in total. The molecule has 4 heteroatoms. The van der Waals surface area contributed by atoms with Gasteiger partial charge in [0.05, 0.1) is 18.2 Å². The average Bonchev–Trinajstić information content (AvgIpc) is 2.69. The van der Waals surface area contributed by atoms with Gasteiger partial charge in [0.25, 0.3) is 0 Å². The minimum atomic E-state index is 0.524. The molecule has 0 saturated carbocycles. The fraction of sp³-hybridized carbons (Fsp3) is 0.409. The minimum Gasteiger partial charge on any atom is -0.384 e. The van der Waals surface area contributed by atoms with Crippen LogP contribution in [0.2, 0.25) is 0 Å². The first kappa shape index (κ1) is 18.4. The van der Waals surface area contributed by atoms with Crippen LogP contribution in [0.4, 0.5) is 5.69 Å². The third-order valence-electron chi connectivity index (χ3n) is 5.03. The van der Waals surface area contributed by atoms with E-state index in [2.05, 4.69) is 52.7 Å². The molecule has 26 heavy (non-hydrogen) atoms. The molecular weight excluding hydrogens is 322 g/mol. The summed E-state index contributed by atoms with van der Waals surface area (Å²) in [5.41, 5.74) is 4.58.